The second-order valence-corrected chi connectivity index (χ2v) is 14.7. The molecule has 6 fully saturated rings. The average Bonchev–Trinajstić information content (AvgIpc) is 3.21. The van der Waals surface area contributed by atoms with Crippen LogP contribution in [-0.4, -0.2) is 77.5 Å². The van der Waals surface area contributed by atoms with E-state index < -0.39 is 6.16 Å². The van der Waals surface area contributed by atoms with E-state index in [9.17, 15) is 14.7 Å². The molecule has 0 aromatic carbocycles. The number of carbonyl (C=O) groups is 2. The highest BCUT2D eigenvalue weighted by molar-refractivity contribution is 5.66. The van der Waals surface area contributed by atoms with Crippen LogP contribution in [0.25, 0.3) is 0 Å². The first kappa shape index (κ1) is 27.8. The van der Waals surface area contributed by atoms with Crippen molar-refractivity contribution in [3.63, 3.8) is 0 Å². The van der Waals surface area contributed by atoms with Crippen LogP contribution < -0.4 is 0 Å². The monoisotopic (exact) mass is 544 g/mol. The molecule has 7 heteroatoms. The Labute approximate surface area is 235 Å². The quantitative estimate of drug-likeness (QED) is 0.438. The van der Waals surface area contributed by atoms with Crippen molar-refractivity contribution in [2.45, 2.75) is 129 Å². The van der Waals surface area contributed by atoms with Crippen LogP contribution in [0.2, 0.25) is 0 Å². The summed E-state index contributed by atoms with van der Waals surface area (Å²) < 4.78 is 11.9. The van der Waals surface area contributed by atoms with E-state index in [1.165, 1.54) is 57.8 Å². The SMILES string of the molecule is CC(=O)O[C@H]1[C@@H](N2CCCCC2)CC2C3CCC4C[C@H](OC(=O)O)[C@@H](N5CCCCC5)C[C@]4(C)C3CC[C@@]21C. The number of carbonyl (C=O) groups excluding carboxylic acids is 1. The van der Waals surface area contributed by atoms with E-state index in [4.69, 9.17) is 9.47 Å². The lowest BCUT2D eigenvalue weighted by Crippen LogP contribution is -2.61. The zero-order valence-electron chi connectivity index (χ0n) is 24.6. The zero-order chi connectivity index (χ0) is 27.4. The van der Waals surface area contributed by atoms with Gasteiger partial charge in [0.2, 0.25) is 0 Å². The second kappa shape index (κ2) is 10.8. The molecule has 4 saturated carbocycles. The number of fused-ring (bicyclic) bond motifs is 5. The van der Waals surface area contributed by atoms with Crippen molar-refractivity contribution in [1.29, 1.82) is 0 Å². The van der Waals surface area contributed by atoms with E-state index in [-0.39, 0.29) is 35.0 Å². The summed E-state index contributed by atoms with van der Waals surface area (Å²) in [6.45, 7) is 11.0. The van der Waals surface area contributed by atoms with Crippen molar-refractivity contribution < 1.29 is 24.2 Å². The highest BCUT2D eigenvalue weighted by Crippen LogP contribution is 2.67. The number of ether oxygens (including phenoxy) is 2. The van der Waals surface area contributed by atoms with E-state index in [2.05, 4.69) is 23.6 Å². The van der Waals surface area contributed by atoms with Crippen molar-refractivity contribution in [2.75, 3.05) is 26.2 Å². The van der Waals surface area contributed by atoms with Gasteiger partial charge in [0.05, 0.1) is 0 Å². The van der Waals surface area contributed by atoms with E-state index in [1.54, 1.807) is 6.92 Å². The molecule has 4 aliphatic carbocycles. The van der Waals surface area contributed by atoms with Gasteiger partial charge in [0.1, 0.15) is 12.2 Å². The molecular formula is C32H52N2O5. The molecule has 0 amide bonds. The molecule has 2 aliphatic heterocycles. The Morgan fingerprint density at radius 2 is 1.41 bits per heavy atom. The Morgan fingerprint density at radius 3 is 2.03 bits per heavy atom. The van der Waals surface area contributed by atoms with Crippen LogP contribution in [0.15, 0.2) is 0 Å². The normalized spacial score (nSPS) is 46.9. The highest BCUT2D eigenvalue weighted by Gasteiger charge is 2.65. The Kier molecular flexibility index (Phi) is 7.71. The molecule has 6 rings (SSSR count). The number of hydrogen-bond acceptors (Lipinski definition) is 6. The van der Waals surface area contributed by atoms with Gasteiger partial charge in [-0.05, 0) is 126 Å². The number of hydrogen-bond donors (Lipinski definition) is 1. The fourth-order valence-electron chi connectivity index (χ4n) is 11.1. The third-order valence-corrected chi connectivity index (χ3v) is 12.9. The zero-order valence-corrected chi connectivity index (χ0v) is 24.6. The van der Waals surface area contributed by atoms with Crippen LogP contribution in [0, 0.1) is 34.5 Å². The van der Waals surface area contributed by atoms with Gasteiger partial charge < -0.3 is 14.6 Å². The molecule has 39 heavy (non-hydrogen) atoms. The summed E-state index contributed by atoms with van der Waals surface area (Å²) in [7, 11) is 0. The topological polar surface area (TPSA) is 79.3 Å². The van der Waals surface area contributed by atoms with Crippen LogP contribution in [-0.2, 0) is 14.3 Å². The van der Waals surface area contributed by atoms with Gasteiger partial charge in [-0.15, -0.1) is 0 Å². The molecule has 6 aliphatic rings. The predicted octanol–water partition coefficient (Wildman–Crippen LogP) is 5.95. The van der Waals surface area contributed by atoms with Crippen LogP contribution in [0.1, 0.15) is 104 Å². The minimum Gasteiger partial charge on any atom is -0.460 e. The lowest BCUT2D eigenvalue weighted by molar-refractivity contribution is -0.172. The van der Waals surface area contributed by atoms with Crippen molar-refractivity contribution in [3.05, 3.63) is 0 Å². The average molecular weight is 545 g/mol. The molecule has 0 aromatic rings. The maximum atomic E-state index is 12.4. The molecule has 0 bridgehead atoms. The minimum atomic E-state index is -1.11. The summed E-state index contributed by atoms with van der Waals surface area (Å²) in [4.78, 5) is 29.3. The van der Waals surface area contributed by atoms with Gasteiger partial charge in [0.15, 0.2) is 0 Å². The first-order valence-electron chi connectivity index (χ1n) is 16.3. The summed E-state index contributed by atoms with van der Waals surface area (Å²) in [5.41, 5.74) is 0.263. The summed E-state index contributed by atoms with van der Waals surface area (Å²) in [6, 6.07) is 0.558. The molecule has 220 valence electrons. The number of esters is 1. The van der Waals surface area contributed by atoms with Gasteiger partial charge in [0, 0.05) is 24.4 Å². The number of rotatable bonds is 4. The highest BCUT2D eigenvalue weighted by atomic mass is 16.7. The van der Waals surface area contributed by atoms with Gasteiger partial charge in [0.25, 0.3) is 0 Å². The minimum absolute atomic E-state index is 0.00498. The molecule has 1 N–H and O–H groups in total. The smallest absolute Gasteiger partial charge is 0.460 e. The predicted molar refractivity (Wildman–Crippen MR) is 149 cm³/mol. The molecular weight excluding hydrogens is 492 g/mol. The van der Waals surface area contributed by atoms with Crippen molar-refractivity contribution in [3.8, 4) is 0 Å². The Bertz CT molecular complexity index is 916. The Morgan fingerprint density at radius 1 is 0.769 bits per heavy atom. The number of piperidine rings is 2. The third-order valence-electron chi connectivity index (χ3n) is 12.9. The van der Waals surface area contributed by atoms with Crippen LogP contribution in [0.3, 0.4) is 0 Å². The second-order valence-electron chi connectivity index (χ2n) is 14.7. The van der Waals surface area contributed by atoms with Crippen molar-refractivity contribution in [1.82, 2.24) is 9.80 Å². The molecule has 0 spiro atoms. The van der Waals surface area contributed by atoms with Crippen LogP contribution in [0.5, 0.6) is 0 Å². The maximum absolute atomic E-state index is 12.4. The van der Waals surface area contributed by atoms with E-state index in [0.717, 1.165) is 51.9 Å². The first-order chi connectivity index (χ1) is 18.7. The molecule has 2 saturated heterocycles. The summed E-state index contributed by atoms with van der Waals surface area (Å²) in [5, 5.41) is 9.60. The molecule has 4 unspecified atom stereocenters. The first-order valence-corrected chi connectivity index (χ1v) is 16.3. The molecule has 10 atom stereocenters. The van der Waals surface area contributed by atoms with Crippen molar-refractivity contribution in [2.24, 2.45) is 34.5 Å². The fourth-order valence-corrected chi connectivity index (χ4v) is 11.1. The van der Waals surface area contributed by atoms with E-state index in [1.807, 2.05) is 0 Å². The third kappa shape index (κ3) is 4.91. The number of likely N-dealkylation sites (tertiary alicyclic amines) is 2. The summed E-state index contributed by atoms with van der Waals surface area (Å²) >= 11 is 0. The van der Waals surface area contributed by atoms with Crippen molar-refractivity contribution >= 4 is 12.1 Å². The largest absolute Gasteiger partial charge is 0.506 e. The van der Waals surface area contributed by atoms with Gasteiger partial charge >= 0.3 is 12.1 Å². The van der Waals surface area contributed by atoms with Gasteiger partial charge in [-0.3, -0.25) is 14.6 Å². The number of carboxylic acid groups (broad SMARTS) is 1. The maximum Gasteiger partial charge on any atom is 0.506 e. The molecule has 7 nitrogen and oxygen atoms in total. The summed E-state index contributed by atoms with van der Waals surface area (Å²) in [6.07, 6.45) is 14.0. The Hall–Kier alpha value is -1.34. The van der Waals surface area contributed by atoms with Crippen LogP contribution in [0.4, 0.5) is 4.79 Å². The van der Waals surface area contributed by atoms with Gasteiger partial charge in [-0.1, -0.05) is 26.7 Å². The molecule has 0 aromatic heterocycles. The molecule has 0 radical (unpaired) electrons. The summed E-state index contributed by atoms with van der Waals surface area (Å²) in [5.74, 6) is 2.31. The van der Waals surface area contributed by atoms with Gasteiger partial charge in [-0.25, -0.2) is 4.79 Å². The van der Waals surface area contributed by atoms with Crippen LogP contribution >= 0.6 is 0 Å². The fraction of sp³-hybridized carbons (Fsp3) is 0.938. The van der Waals surface area contributed by atoms with E-state index >= 15 is 0 Å². The van der Waals surface area contributed by atoms with Gasteiger partial charge in [-0.2, -0.15) is 0 Å². The molecule has 2 heterocycles. The number of nitrogens with zero attached hydrogens (tertiary/aromatic N) is 2. The van der Waals surface area contributed by atoms with E-state index in [0.29, 0.717) is 29.7 Å². The Balaban J connectivity index is 1.27. The lowest BCUT2D eigenvalue weighted by atomic mass is 9.44. The lowest BCUT2D eigenvalue weighted by Gasteiger charge is -2.62. The standard InChI is InChI=1S/C32H52N2O5/c1-21(35)38-29-26(33-14-6-4-7-15-33)19-25-23-11-10-22-18-28(39-30(36)37)27(34-16-8-5-9-17-34)20-32(22,3)24(23)12-13-31(25,29)2/h22-29H,4-20H2,1-3H3,(H,36,37)/t22?,23?,24?,25?,26-,27-,28-,29-,31-,32-/m0/s1.